The van der Waals surface area contributed by atoms with Gasteiger partial charge in [-0.2, -0.15) is 0 Å². The molecule has 2 unspecified atom stereocenters. The van der Waals surface area contributed by atoms with Gasteiger partial charge in [0.2, 0.25) is 5.91 Å². The van der Waals surface area contributed by atoms with Crippen molar-refractivity contribution >= 4 is 5.91 Å². The fraction of sp³-hybridized carbons (Fsp3) is 0.909. The highest BCUT2D eigenvalue weighted by atomic mass is 16.5. The minimum absolute atomic E-state index is 0.00428. The summed E-state index contributed by atoms with van der Waals surface area (Å²) in [5.74, 6) is 0.112. The lowest BCUT2D eigenvalue weighted by Gasteiger charge is -2.27. The van der Waals surface area contributed by atoms with Gasteiger partial charge in [0, 0.05) is 19.2 Å². The summed E-state index contributed by atoms with van der Waals surface area (Å²) in [6.45, 7) is 5.99. The molecule has 88 valence electrons. The van der Waals surface area contributed by atoms with Gasteiger partial charge in [0.15, 0.2) is 0 Å². The highest BCUT2D eigenvalue weighted by Gasteiger charge is 2.23. The minimum Gasteiger partial charge on any atom is -0.380 e. The van der Waals surface area contributed by atoms with Gasteiger partial charge in [0.25, 0.3) is 0 Å². The Morgan fingerprint density at radius 2 is 2.33 bits per heavy atom. The molecular formula is C11H22N2O2. The number of hydrogen-bond donors (Lipinski definition) is 2. The van der Waals surface area contributed by atoms with E-state index in [1.165, 1.54) is 6.42 Å². The number of amides is 1. The average Bonchev–Trinajstić information content (AvgIpc) is 2.24. The van der Waals surface area contributed by atoms with Gasteiger partial charge < -0.3 is 15.4 Å². The number of hydrogen-bond acceptors (Lipinski definition) is 3. The second-order valence-corrected chi connectivity index (χ2v) is 4.04. The molecule has 1 rings (SSSR count). The molecule has 1 aliphatic heterocycles. The van der Waals surface area contributed by atoms with E-state index in [0.717, 1.165) is 12.8 Å². The Balaban J connectivity index is 2.15. The van der Waals surface area contributed by atoms with Gasteiger partial charge in [0.1, 0.15) is 0 Å². The lowest BCUT2D eigenvalue weighted by molar-refractivity contribution is -0.124. The lowest BCUT2D eigenvalue weighted by Crippen LogP contribution is -2.50. The van der Waals surface area contributed by atoms with E-state index in [9.17, 15) is 4.79 Å². The van der Waals surface area contributed by atoms with Crippen LogP contribution in [-0.2, 0) is 9.53 Å². The van der Waals surface area contributed by atoms with Crippen LogP contribution in [0.5, 0.6) is 0 Å². The predicted molar refractivity (Wildman–Crippen MR) is 59.7 cm³/mol. The van der Waals surface area contributed by atoms with Gasteiger partial charge in [0.05, 0.1) is 12.6 Å². The average molecular weight is 214 g/mol. The minimum atomic E-state index is -0.00428. The van der Waals surface area contributed by atoms with Gasteiger partial charge in [-0.3, -0.25) is 4.79 Å². The fourth-order valence-electron chi connectivity index (χ4n) is 1.86. The van der Waals surface area contributed by atoms with Crippen molar-refractivity contribution in [3.05, 3.63) is 0 Å². The standard InChI is InChI=1S/C11H22N2O2/c1-3-15-8-7-12-11(14)10-6-4-5-9(2)13-10/h9-10,13H,3-8H2,1-2H3,(H,12,14). The Morgan fingerprint density at radius 1 is 1.53 bits per heavy atom. The van der Waals surface area contributed by atoms with E-state index >= 15 is 0 Å². The summed E-state index contributed by atoms with van der Waals surface area (Å²) < 4.78 is 5.16. The van der Waals surface area contributed by atoms with Gasteiger partial charge in [-0.25, -0.2) is 0 Å². The van der Waals surface area contributed by atoms with Crippen LogP contribution in [-0.4, -0.2) is 37.7 Å². The molecule has 0 aromatic rings. The van der Waals surface area contributed by atoms with Crippen LogP contribution in [0.4, 0.5) is 0 Å². The Morgan fingerprint density at radius 3 is 3.00 bits per heavy atom. The van der Waals surface area contributed by atoms with Crippen molar-refractivity contribution in [3.63, 3.8) is 0 Å². The van der Waals surface area contributed by atoms with Crippen LogP contribution < -0.4 is 10.6 Å². The second kappa shape index (κ2) is 6.80. The highest BCUT2D eigenvalue weighted by molar-refractivity contribution is 5.81. The maximum atomic E-state index is 11.7. The Kier molecular flexibility index (Phi) is 5.65. The van der Waals surface area contributed by atoms with Crippen molar-refractivity contribution in [1.29, 1.82) is 0 Å². The molecule has 0 aromatic heterocycles. The first-order valence-electron chi connectivity index (χ1n) is 5.85. The molecule has 4 nitrogen and oxygen atoms in total. The van der Waals surface area contributed by atoms with E-state index in [2.05, 4.69) is 17.6 Å². The molecule has 1 saturated heterocycles. The predicted octanol–water partition coefficient (Wildman–Crippen LogP) is 0.670. The molecule has 0 spiro atoms. The monoisotopic (exact) mass is 214 g/mol. The second-order valence-electron chi connectivity index (χ2n) is 4.04. The molecule has 2 N–H and O–H groups in total. The Bertz CT molecular complexity index is 197. The summed E-state index contributed by atoms with van der Waals surface area (Å²) in [6.07, 6.45) is 3.26. The van der Waals surface area contributed by atoms with Crippen LogP contribution in [0.25, 0.3) is 0 Å². The molecule has 2 atom stereocenters. The first-order chi connectivity index (χ1) is 7.24. The van der Waals surface area contributed by atoms with Gasteiger partial charge in [-0.1, -0.05) is 0 Å². The summed E-state index contributed by atoms with van der Waals surface area (Å²) in [4.78, 5) is 11.7. The maximum Gasteiger partial charge on any atom is 0.237 e. The summed E-state index contributed by atoms with van der Waals surface area (Å²) in [5.41, 5.74) is 0. The SMILES string of the molecule is CCOCCNC(=O)C1CCCC(C)N1. The zero-order valence-electron chi connectivity index (χ0n) is 9.71. The highest BCUT2D eigenvalue weighted by Crippen LogP contribution is 2.11. The number of piperidine rings is 1. The molecular weight excluding hydrogens is 192 g/mol. The molecule has 0 radical (unpaired) electrons. The third kappa shape index (κ3) is 4.62. The smallest absolute Gasteiger partial charge is 0.237 e. The van der Waals surface area contributed by atoms with Crippen molar-refractivity contribution in [3.8, 4) is 0 Å². The van der Waals surface area contributed by atoms with E-state index < -0.39 is 0 Å². The van der Waals surface area contributed by atoms with Crippen LogP contribution in [0.15, 0.2) is 0 Å². The van der Waals surface area contributed by atoms with Crippen LogP contribution in [0, 0.1) is 0 Å². The summed E-state index contributed by atoms with van der Waals surface area (Å²) in [6, 6.07) is 0.455. The van der Waals surface area contributed by atoms with Crippen molar-refractivity contribution < 1.29 is 9.53 Å². The number of carbonyl (C=O) groups is 1. The lowest BCUT2D eigenvalue weighted by atomic mass is 9.99. The zero-order valence-corrected chi connectivity index (χ0v) is 9.71. The van der Waals surface area contributed by atoms with Crippen LogP contribution in [0.3, 0.4) is 0 Å². The molecule has 4 heteroatoms. The molecule has 0 bridgehead atoms. The third-order valence-corrected chi connectivity index (χ3v) is 2.68. The molecule has 0 saturated carbocycles. The molecule has 0 aliphatic carbocycles. The first-order valence-corrected chi connectivity index (χ1v) is 5.85. The van der Waals surface area contributed by atoms with Crippen molar-refractivity contribution in [2.24, 2.45) is 0 Å². The quantitative estimate of drug-likeness (QED) is 0.661. The van der Waals surface area contributed by atoms with E-state index in [0.29, 0.717) is 25.8 Å². The van der Waals surface area contributed by atoms with Gasteiger partial charge in [-0.15, -0.1) is 0 Å². The number of ether oxygens (including phenoxy) is 1. The van der Waals surface area contributed by atoms with E-state index in [-0.39, 0.29) is 11.9 Å². The van der Waals surface area contributed by atoms with Crippen molar-refractivity contribution in [2.75, 3.05) is 19.8 Å². The van der Waals surface area contributed by atoms with Crippen molar-refractivity contribution in [2.45, 2.75) is 45.2 Å². The van der Waals surface area contributed by atoms with Crippen LogP contribution in [0.1, 0.15) is 33.1 Å². The molecule has 1 fully saturated rings. The van der Waals surface area contributed by atoms with Gasteiger partial charge >= 0.3 is 0 Å². The molecule has 15 heavy (non-hydrogen) atoms. The van der Waals surface area contributed by atoms with Crippen LogP contribution in [0.2, 0.25) is 0 Å². The number of nitrogens with one attached hydrogen (secondary N) is 2. The fourth-order valence-corrected chi connectivity index (χ4v) is 1.86. The largest absolute Gasteiger partial charge is 0.380 e. The first kappa shape index (κ1) is 12.5. The molecule has 1 aliphatic rings. The molecule has 1 heterocycles. The normalized spacial score (nSPS) is 26.3. The molecule has 0 aromatic carbocycles. The number of rotatable bonds is 5. The Labute approximate surface area is 91.8 Å². The topological polar surface area (TPSA) is 50.4 Å². The third-order valence-electron chi connectivity index (χ3n) is 2.68. The van der Waals surface area contributed by atoms with Crippen LogP contribution >= 0.6 is 0 Å². The number of carbonyl (C=O) groups excluding carboxylic acids is 1. The molecule has 1 amide bonds. The van der Waals surface area contributed by atoms with E-state index in [1.807, 2.05) is 6.92 Å². The summed E-state index contributed by atoms with van der Waals surface area (Å²) in [7, 11) is 0. The van der Waals surface area contributed by atoms with Crippen molar-refractivity contribution in [1.82, 2.24) is 10.6 Å². The summed E-state index contributed by atoms with van der Waals surface area (Å²) in [5, 5.41) is 6.19. The summed E-state index contributed by atoms with van der Waals surface area (Å²) >= 11 is 0. The van der Waals surface area contributed by atoms with Gasteiger partial charge in [-0.05, 0) is 33.1 Å². The Hall–Kier alpha value is -0.610. The van der Waals surface area contributed by atoms with E-state index in [4.69, 9.17) is 4.74 Å². The van der Waals surface area contributed by atoms with E-state index in [1.54, 1.807) is 0 Å². The zero-order chi connectivity index (χ0) is 11.1. The maximum absolute atomic E-state index is 11.7.